The summed E-state index contributed by atoms with van der Waals surface area (Å²) in [5, 5.41) is 16.4. The van der Waals surface area contributed by atoms with Crippen molar-refractivity contribution < 1.29 is 5.11 Å². The molecule has 1 N–H and O–H groups in total. The molecule has 20 heavy (non-hydrogen) atoms. The predicted octanol–water partition coefficient (Wildman–Crippen LogP) is 3.68. The topological polar surface area (TPSA) is 45.0 Å². The van der Waals surface area contributed by atoms with Crippen molar-refractivity contribution in [3.8, 4) is 0 Å². The van der Waals surface area contributed by atoms with Gasteiger partial charge in [-0.1, -0.05) is 34.1 Å². The zero-order valence-electron chi connectivity index (χ0n) is 11.4. The van der Waals surface area contributed by atoms with Crippen LogP contribution in [0.25, 0.3) is 0 Å². The van der Waals surface area contributed by atoms with Crippen molar-refractivity contribution >= 4 is 30.0 Å². The highest BCUT2D eigenvalue weighted by Gasteiger charge is 2.53. The quantitative estimate of drug-likeness (QED) is 0.656. The van der Waals surface area contributed by atoms with Crippen LogP contribution in [-0.2, 0) is 0 Å². The summed E-state index contributed by atoms with van der Waals surface area (Å²) >= 11 is 5.97. The van der Waals surface area contributed by atoms with E-state index in [-0.39, 0.29) is 4.59 Å². The Labute approximate surface area is 124 Å². The molecule has 1 fully saturated rings. The van der Waals surface area contributed by atoms with Gasteiger partial charge in [0, 0.05) is 30.0 Å². The van der Waals surface area contributed by atoms with E-state index in [4.69, 9.17) is 11.6 Å². The molecule has 1 aliphatic heterocycles. The predicted molar refractivity (Wildman–Crippen MR) is 82.9 cm³/mol. The van der Waals surface area contributed by atoms with E-state index in [1.165, 1.54) is 19.2 Å². The third kappa shape index (κ3) is 2.18. The van der Waals surface area contributed by atoms with Crippen LogP contribution < -0.4 is 4.59 Å². The second-order valence-electron chi connectivity index (χ2n) is 5.55. The van der Waals surface area contributed by atoms with Gasteiger partial charge in [-0.3, -0.25) is 0 Å². The smallest absolute Gasteiger partial charge is 0.235 e. The fourth-order valence-electron chi connectivity index (χ4n) is 3.16. The van der Waals surface area contributed by atoms with Crippen molar-refractivity contribution in [1.29, 1.82) is 0 Å². The van der Waals surface area contributed by atoms with Crippen LogP contribution in [0.1, 0.15) is 38.5 Å². The molecule has 0 aromatic heterocycles. The van der Waals surface area contributed by atoms with Crippen LogP contribution in [0.4, 0.5) is 5.69 Å². The Bertz CT molecular complexity index is 519. The zero-order valence-corrected chi connectivity index (χ0v) is 12.1. The first-order valence-electron chi connectivity index (χ1n) is 7.12. The SMILES string of the molecule is OC1([N+]2(c3ccc(Cl)cc3)C=NC=N2)CCCCCC1. The number of rotatable bonds is 2. The average molecular weight is 293 g/mol. The van der Waals surface area contributed by atoms with Gasteiger partial charge in [0.25, 0.3) is 0 Å². The van der Waals surface area contributed by atoms with Crippen LogP contribution >= 0.6 is 11.6 Å². The van der Waals surface area contributed by atoms with E-state index in [2.05, 4.69) is 10.1 Å². The van der Waals surface area contributed by atoms with Gasteiger partial charge in [-0.25, -0.2) is 0 Å². The molecule has 1 atom stereocenters. The fraction of sp³-hybridized carbons (Fsp3) is 0.467. The van der Waals surface area contributed by atoms with Crippen molar-refractivity contribution in [1.82, 2.24) is 4.59 Å². The lowest BCUT2D eigenvalue weighted by atomic mass is 10.0. The first-order chi connectivity index (χ1) is 9.66. The molecule has 1 unspecified atom stereocenters. The van der Waals surface area contributed by atoms with Gasteiger partial charge in [0.1, 0.15) is 0 Å². The molecule has 2 aliphatic rings. The van der Waals surface area contributed by atoms with E-state index in [0.717, 1.165) is 31.4 Å². The van der Waals surface area contributed by atoms with E-state index in [1.807, 2.05) is 24.3 Å². The summed E-state index contributed by atoms with van der Waals surface area (Å²) < 4.78 is 0.0458. The molecule has 1 aromatic carbocycles. The third-order valence-electron chi connectivity index (χ3n) is 4.29. The number of quaternary nitrogens is 1. The molecule has 1 saturated carbocycles. The minimum atomic E-state index is -0.916. The summed E-state index contributed by atoms with van der Waals surface area (Å²) in [6, 6.07) is 7.50. The maximum atomic E-state index is 11.3. The fourth-order valence-corrected chi connectivity index (χ4v) is 3.29. The second kappa shape index (κ2) is 5.28. The summed E-state index contributed by atoms with van der Waals surface area (Å²) in [4.78, 5) is 4.15. The molecule has 1 heterocycles. The van der Waals surface area contributed by atoms with Crippen molar-refractivity contribution in [3.63, 3.8) is 0 Å². The Morgan fingerprint density at radius 3 is 2.25 bits per heavy atom. The number of halogens is 1. The van der Waals surface area contributed by atoms with Gasteiger partial charge in [0.05, 0.1) is 0 Å². The lowest BCUT2D eigenvalue weighted by molar-refractivity contribution is -0.0722. The molecule has 0 radical (unpaired) electrons. The maximum absolute atomic E-state index is 11.3. The highest BCUT2D eigenvalue weighted by molar-refractivity contribution is 6.30. The number of hydrogen-bond donors (Lipinski definition) is 1. The summed E-state index contributed by atoms with van der Waals surface area (Å²) in [5.74, 6) is 0. The van der Waals surface area contributed by atoms with Crippen LogP contribution in [-0.4, -0.2) is 23.5 Å². The Morgan fingerprint density at radius 1 is 1.05 bits per heavy atom. The van der Waals surface area contributed by atoms with E-state index in [9.17, 15) is 5.11 Å². The van der Waals surface area contributed by atoms with Gasteiger partial charge in [-0.2, -0.15) is 4.99 Å². The monoisotopic (exact) mass is 292 g/mol. The Morgan fingerprint density at radius 2 is 1.70 bits per heavy atom. The molecule has 3 rings (SSSR count). The normalized spacial score (nSPS) is 28.5. The first kappa shape index (κ1) is 13.7. The second-order valence-corrected chi connectivity index (χ2v) is 5.99. The molecular weight excluding hydrogens is 274 g/mol. The Balaban J connectivity index is 2.05. The van der Waals surface area contributed by atoms with Crippen molar-refractivity contribution in [2.24, 2.45) is 10.1 Å². The number of benzene rings is 1. The number of nitrogens with zero attached hydrogens (tertiary/aromatic N) is 3. The minimum Gasteiger partial charge on any atom is -0.340 e. The van der Waals surface area contributed by atoms with Crippen LogP contribution in [0, 0.1) is 0 Å². The van der Waals surface area contributed by atoms with Crippen molar-refractivity contribution in [3.05, 3.63) is 29.3 Å². The summed E-state index contributed by atoms with van der Waals surface area (Å²) in [7, 11) is 0. The van der Waals surface area contributed by atoms with E-state index in [1.54, 1.807) is 6.34 Å². The van der Waals surface area contributed by atoms with Crippen molar-refractivity contribution in [2.45, 2.75) is 44.2 Å². The number of hydrogen-bond acceptors (Lipinski definition) is 3. The van der Waals surface area contributed by atoms with Crippen LogP contribution in [0.2, 0.25) is 5.02 Å². The number of aliphatic hydroxyl groups is 1. The first-order valence-corrected chi connectivity index (χ1v) is 7.50. The minimum absolute atomic E-state index is 0.0458. The number of aliphatic imine (C=N–C) groups is 1. The Kier molecular flexibility index (Phi) is 3.63. The molecule has 106 valence electrons. The van der Waals surface area contributed by atoms with Gasteiger partial charge in [0.2, 0.25) is 12.1 Å². The molecule has 5 heteroatoms. The van der Waals surface area contributed by atoms with Gasteiger partial charge in [-0.05, 0) is 25.0 Å². The van der Waals surface area contributed by atoms with Crippen molar-refractivity contribution in [2.75, 3.05) is 0 Å². The molecule has 4 nitrogen and oxygen atoms in total. The highest BCUT2D eigenvalue weighted by Crippen LogP contribution is 2.41. The third-order valence-corrected chi connectivity index (χ3v) is 4.55. The standard InChI is InChI=1S/C15H19ClN3O/c16-13-5-7-14(8-6-13)19(12-17-11-18-19)15(20)9-3-1-2-4-10-15/h5-8,11-12,20H,1-4,9-10H2/q+1. The molecule has 0 spiro atoms. The zero-order chi connectivity index (χ0) is 14.1. The van der Waals surface area contributed by atoms with Gasteiger partial charge >= 0.3 is 0 Å². The Hall–Kier alpha value is -1.23. The van der Waals surface area contributed by atoms with Gasteiger partial charge in [-0.15, -0.1) is 0 Å². The molecule has 1 aromatic rings. The van der Waals surface area contributed by atoms with E-state index >= 15 is 0 Å². The van der Waals surface area contributed by atoms with Gasteiger partial charge in [0.15, 0.2) is 12.0 Å². The molecule has 0 saturated heterocycles. The van der Waals surface area contributed by atoms with Crippen LogP contribution in [0.15, 0.2) is 34.4 Å². The summed E-state index contributed by atoms with van der Waals surface area (Å²) in [5.41, 5.74) is -0.0165. The van der Waals surface area contributed by atoms with E-state index < -0.39 is 5.72 Å². The lowest BCUT2D eigenvalue weighted by Gasteiger charge is -2.39. The highest BCUT2D eigenvalue weighted by atomic mass is 35.5. The molecule has 0 amide bonds. The largest absolute Gasteiger partial charge is 0.340 e. The molecule has 0 bridgehead atoms. The molecule has 1 aliphatic carbocycles. The van der Waals surface area contributed by atoms with E-state index in [0.29, 0.717) is 5.02 Å². The summed E-state index contributed by atoms with van der Waals surface area (Å²) in [6.07, 6.45) is 9.11. The van der Waals surface area contributed by atoms with Crippen LogP contribution in [0.3, 0.4) is 0 Å². The lowest BCUT2D eigenvalue weighted by Crippen LogP contribution is -2.60. The van der Waals surface area contributed by atoms with Gasteiger partial charge < -0.3 is 5.11 Å². The summed E-state index contributed by atoms with van der Waals surface area (Å²) in [6.45, 7) is 0. The van der Waals surface area contributed by atoms with Crippen LogP contribution in [0.5, 0.6) is 0 Å². The average Bonchev–Trinajstić information content (AvgIpc) is 2.85. The maximum Gasteiger partial charge on any atom is 0.235 e. The molecular formula is C15H19ClN3O+.